The van der Waals surface area contributed by atoms with Crippen LogP contribution in [0.2, 0.25) is 0 Å². The van der Waals surface area contributed by atoms with E-state index >= 15 is 0 Å². The number of hydrogen-bond acceptors (Lipinski definition) is 7. The van der Waals surface area contributed by atoms with Crippen LogP contribution in [-0.2, 0) is 4.79 Å². The van der Waals surface area contributed by atoms with Gasteiger partial charge in [-0.1, -0.05) is 6.07 Å². The SMILES string of the molecule is N#Cc1cnc(OCC23CC(C(=O)N4N=CCC4c4cn5ccccc5n4)(C2)C3)cn1. The molecule has 0 spiro atoms. The molecule has 1 atom stereocenters. The van der Waals surface area contributed by atoms with Gasteiger partial charge in [0, 0.05) is 30.4 Å². The molecule has 154 valence electrons. The van der Waals surface area contributed by atoms with Crippen molar-refractivity contribution in [1.29, 1.82) is 5.26 Å². The minimum atomic E-state index is -0.335. The van der Waals surface area contributed by atoms with Gasteiger partial charge < -0.3 is 9.14 Å². The highest BCUT2D eigenvalue weighted by Gasteiger charge is 2.73. The van der Waals surface area contributed by atoms with Gasteiger partial charge in [0.2, 0.25) is 11.8 Å². The third kappa shape index (κ3) is 2.71. The summed E-state index contributed by atoms with van der Waals surface area (Å²) in [5, 5.41) is 14.8. The minimum Gasteiger partial charge on any atom is -0.476 e. The van der Waals surface area contributed by atoms with Crippen LogP contribution in [0.25, 0.3) is 5.65 Å². The first kappa shape index (κ1) is 18.0. The maximum absolute atomic E-state index is 13.4. The van der Waals surface area contributed by atoms with Crippen LogP contribution in [-0.4, -0.2) is 43.1 Å². The van der Waals surface area contributed by atoms with Gasteiger partial charge >= 0.3 is 0 Å². The summed E-state index contributed by atoms with van der Waals surface area (Å²) >= 11 is 0. The predicted molar refractivity (Wildman–Crippen MR) is 109 cm³/mol. The number of nitriles is 1. The van der Waals surface area contributed by atoms with Crippen molar-refractivity contribution in [2.75, 3.05) is 6.61 Å². The molecule has 9 heteroatoms. The molecular weight excluding hydrogens is 394 g/mol. The second kappa shape index (κ2) is 6.35. The average Bonchev–Trinajstić information content (AvgIpc) is 3.38. The molecule has 0 radical (unpaired) electrons. The Morgan fingerprint density at radius 3 is 2.87 bits per heavy atom. The van der Waals surface area contributed by atoms with E-state index in [9.17, 15) is 4.79 Å². The number of nitrogens with zero attached hydrogens (tertiary/aromatic N) is 7. The summed E-state index contributed by atoms with van der Waals surface area (Å²) in [4.78, 5) is 26.1. The Balaban J connectivity index is 1.11. The van der Waals surface area contributed by atoms with E-state index in [2.05, 4.69) is 15.1 Å². The number of ether oxygens (including phenoxy) is 1. The Morgan fingerprint density at radius 2 is 2.13 bits per heavy atom. The van der Waals surface area contributed by atoms with E-state index in [1.807, 2.05) is 41.1 Å². The fraction of sp³-hybridized carbons (Fsp3) is 0.364. The Kier molecular flexibility index (Phi) is 3.69. The van der Waals surface area contributed by atoms with Gasteiger partial charge in [0.1, 0.15) is 17.8 Å². The molecule has 31 heavy (non-hydrogen) atoms. The number of hydrogen-bond donors (Lipinski definition) is 0. The molecular formula is C22H19N7O2. The largest absolute Gasteiger partial charge is 0.476 e. The highest BCUT2D eigenvalue weighted by Crippen LogP contribution is 2.74. The van der Waals surface area contributed by atoms with Crippen LogP contribution in [0, 0.1) is 22.2 Å². The smallest absolute Gasteiger partial charge is 0.249 e. The first-order valence-corrected chi connectivity index (χ1v) is 10.2. The number of rotatable bonds is 5. The van der Waals surface area contributed by atoms with Crippen LogP contribution in [0.4, 0.5) is 0 Å². The van der Waals surface area contributed by atoms with Gasteiger partial charge in [0.25, 0.3) is 0 Å². The highest BCUT2D eigenvalue weighted by atomic mass is 16.5. The van der Waals surface area contributed by atoms with Crippen LogP contribution >= 0.6 is 0 Å². The molecule has 0 N–H and O–H groups in total. The number of pyridine rings is 1. The summed E-state index contributed by atoms with van der Waals surface area (Å²) in [6, 6.07) is 7.65. The number of carbonyl (C=O) groups excluding carboxylic acids is 1. The van der Waals surface area contributed by atoms with Crippen molar-refractivity contribution in [2.24, 2.45) is 15.9 Å². The van der Waals surface area contributed by atoms with E-state index in [0.717, 1.165) is 30.6 Å². The quantitative estimate of drug-likeness (QED) is 0.636. The molecule has 3 saturated carbocycles. The zero-order valence-corrected chi connectivity index (χ0v) is 16.7. The number of hydrazone groups is 1. The number of fused-ring (bicyclic) bond motifs is 1. The molecule has 4 aliphatic rings. The lowest BCUT2D eigenvalue weighted by Crippen LogP contribution is -2.69. The zero-order chi connectivity index (χ0) is 21.1. The molecule has 4 heterocycles. The predicted octanol–water partition coefficient (Wildman–Crippen LogP) is 2.50. The summed E-state index contributed by atoms with van der Waals surface area (Å²) < 4.78 is 7.74. The topological polar surface area (TPSA) is 109 Å². The van der Waals surface area contributed by atoms with Gasteiger partial charge in [-0.15, -0.1) is 0 Å². The third-order valence-electron chi connectivity index (χ3n) is 6.62. The van der Waals surface area contributed by atoms with Crippen molar-refractivity contribution in [3.63, 3.8) is 0 Å². The van der Waals surface area contributed by atoms with Crippen LogP contribution < -0.4 is 4.74 Å². The van der Waals surface area contributed by atoms with Crippen molar-refractivity contribution >= 4 is 17.8 Å². The Bertz CT molecular complexity index is 1200. The van der Waals surface area contributed by atoms with Gasteiger partial charge in [-0.3, -0.25) is 4.79 Å². The van der Waals surface area contributed by atoms with Crippen molar-refractivity contribution in [2.45, 2.75) is 31.7 Å². The van der Waals surface area contributed by atoms with E-state index in [1.165, 1.54) is 12.4 Å². The van der Waals surface area contributed by atoms with Crippen LogP contribution in [0.1, 0.15) is 43.1 Å². The van der Waals surface area contributed by atoms with Crippen molar-refractivity contribution in [1.82, 2.24) is 24.4 Å². The zero-order valence-electron chi connectivity index (χ0n) is 16.7. The summed E-state index contributed by atoms with van der Waals surface area (Å²) in [6.45, 7) is 0.502. The molecule has 3 aromatic heterocycles. The van der Waals surface area contributed by atoms with E-state index < -0.39 is 0 Å². The molecule has 0 aromatic carbocycles. The normalized spacial score (nSPS) is 28.1. The second-order valence-corrected chi connectivity index (χ2v) is 8.78. The lowest BCUT2D eigenvalue weighted by Gasteiger charge is -2.69. The molecule has 1 unspecified atom stereocenters. The molecule has 0 saturated heterocycles. The summed E-state index contributed by atoms with van der Waals surface area (Å²) in [5.41, 5.74) is 1.67. The Morgan fingerprint density at radius 1 is 1.26 bits per heavy atom. The summed E-state index contributed by atoms with van der Waals surface area (Å²) in [7, 11) is 0. The number of imidazole rings is 1. The van der Waals surface area contributed by atoms with Gasteiger partial charge in [0.15, 0.2) is 5.69 Å². The van der Waals surface area contributed by atoms with Crippen molar-refractivity contribution in [3.05, 3.63) is 54.4 Å². The average molecular weight is 413 g/mol. The molecule has 1 aliphatic heterocycles. The summed E-state index contributed by atoms with van der Waals surface area (Å²) in [5.74, 6) is 0.489. The standard InChI is InChI=1S/C22H19N7O2/c23-7-15-8-25-19(9-24-15)31-14-21-11-22(12-21,13-21)20(30)29-17(4-5-26-29)16-10-28-6-2-1-3-18(28)27-16/h1-3,5-6,8-10,17H,4,11-14H2. The molecule has 9 nitrogen and oxygen atoms in total. The van der Waals surface area contributed by atoms with E-state index in [-0.39, 0.29) is 28.5 Å². The molecule has 3 fully saturated rings. The maximum Gasteiger partial charge on any atom is 0.249 e. The monoisotopic (exact) mass is 413 g/mol. The first-order valence-electron chi connectivity index (χ1n) is 10.2. The lowest BCUT2D eigenvalue weighted by atomic mass is 9.35. The fourth-order valence-corrected chi connectivity index (χ4v) is 5.27. The van der Waals surface area contributed by atoms with E-state index in [1.54, 1.807) is 11.2 Å². The molecule has 3 aromatic rings. The van der Waals surface area contributed by atoms with Gasteiger partial charge in [-0.25, -0.2) is 20.0 Å². The van der Waals surface area contributed by atoms with Crippen LogP contribution in [0.15, 0.2) is 48.1 Å². The first-order chi connectivity index (χ1) is 15.1. The minimum absolute atomic E-state index is 0.0211. The molecule has 1 amide bonds. The van der Waals surface area contributed by atoms with Gasteiger partial charge in [0.05, 0.1) is 30.1 Å². The fourth-order valence-electron chi connectivity index (χ4n) is 5.27. The Labute approximate surface area is 178 Å². The third-order valence-corrected chi connectivity index (χ3v) is 6.62. The second-order valence-electron chi connectivity index (χ2n) is 8.78. The molecule has 2 bridgehead atoms. The maximum atomic E-state index is 13.4. The highest BCUT2D eigenvalue weighted by molar-refractivity contribution is 5.88. The van der Waals surface area contributed by atoms with Gasteiger partial charge in [-0.05, 0) is 31.4 Å². The van der Waals surface area contributed by atoms with E-state index in [4.69, 9.17) is 15.0 Å². The van der Waals surface area contributed by atoms with Gasteiger partial charge in [-0.2, -0.15) is 10.4 Å². The number of carbonyl (C=O) groups is 1. The van der Waals surface area contributed by atoms with Crippen molar-refractivity contribution < 1.29 is 9.53 Å². The number of amides is 1. The van der Waals surface area contributed by atoms with E-state index in [0.29, 0.717) is 18.9 Å². The van der Waals surface area contributed by atoms with Crippen LogP contribution in [0.5, 0.6) is 5.88 Å². The summed E-state index contributed by atoms with van der Waals surface area (Å²) in [6.07, 6.45) is 11.7. The molecule has 3 aliphatic carbocycles. The van der Waals surface area contributed by atoms with Crippen molar-refractivity contribution in [3.8, 4) is 11.9 Å². The van der Waals surface area contributed by atoms with Crippen LogP contribution in [0.3, 0.4) is 0 Å². The number of aromatic nitrogens is 4. The Hall–Kier alpha value is -3.80. The molecule has 7 rings (SSSR count). The lowest BCUT2D eigenvalue weighted by molar-refractivity contribution is -0.227.